The predicted octanol–water partition coefficient (Wildman–Crippen LogP) is 0.916. The Labute approximate surface area is 69.6 Å². The Balaban J connectivity index is 2.35. The van der Waals surface area contributed by atoms with Crippen LogP contribution >= 0.6 is 0 Å². The summed E-state index contributed by atoms with van der Waals surface area (Å²) in [6.07, 6.45) is 4.04. The van der Waals surface area contributed by atoms with Crippen molar-refractivity contribution in [3.63, 3.8) is 0 Å². The third-order valence-electron chi connectivity index (χ3n) is 2.63. The number of H-pyrrole nitrogens is 1. The molecule has 1 aliphatic rings. The topological polar surface area (TPSA) is 66.0 Å². The van der Waals surface area contributed by atoms with E-state index in [1.54, 1.807) is 12.3 Å². The maximum Gasteiger partial charge on any atom is 0.315 e. The van der Waals surface area contributed by atoms with Crippen molar-refractivity contribution in [1.82, 2.24) is 10.2 Å². The number of aromatic amines is 1. The first-order chi connectivity index (χ1) is 5.76. The van der Waals surface area contributed by atoms with Crippen molar-refractivity contribution >= 4 is 5.97 Å². The largest absolute Gasteiger partial charge is 0.481 e. The minimum atomic E-state index is -0.738. The van der Waals surface area contributed by atoms with Crippen molar-refractivity contribution in [3.8, 4) is 0 Å². The highest BCUT2D eigenvalue weighted by molar-refractivity contribution is 5.81. The van der Waals surface area contributed by atoms with Gasteiger partial charge in [-0.3, -0.25) is 9.89 Å². The molecule has 4 nitrogen and oxygen atoms in total. The molecule has 1 aromatic heterocycles. The van der Waals surface area contributed by atoms with Crippen LogP contribution in [0.1, 0.15) is 25.0 Å². The Morgan fingerprint density at radius 3 is 2.75 bits per heavy atom. The normalized spacial score (nSPS) is 20.0. The lowest BCUT2D eigenvalue weighted by molar-refractivity contribution is -0.147. The third-order valence-corrected chi connectivity index (χ3v) is 2.63. The number of carbonyl (C=O) groups is 1. The second-order valence-electron chi connectivity index (χ2n) is 3.21. The number of aromatic nitrogens is 2. The van der Waals surface area contributed by atoms with Crippen molar-refractivity contribution in [2.45, 2.75) is 24.7 Å². The van der Waals surface area contributed by atoms with E-state index in [1.165, 1.54) is 0 Å². The Bertz CT molecular complexity index is 288. The van der Waals surface area contributed by atoms with Crippen molar-refractivity contribution < 1.29 is 9.90 Å². The Kier molecular flexibility index (Phi) is 1.43. The zero-order valence-electron chi connectivity index (χ0n) is 6.58. The van der Waals surface area contributed by atoms with Crippen LogP contribution in [0.3, 0.4) is 0 Å². The highest BCUT2D eigenvalue weighted by Gasteiger charge is 2.47. The van der Waals surface area contributed by atoms with Crippen LogP contribution in [0.5, 0.6) is 0 Å². The van der Waals surface area contributed by atoms with Crippen LogP contribution in [0.2, 0.25) is 0 Å². The molecule has 64 valence electrons. The fraction of sp³-hybridized carbons (Fsp3) is 0.500. The summed E-state index contributed by atoms with van der Waals surface area (Å²) in [7, 11) is 0. The van der Waals surface area contributed by atoms with Gasteiger partial charge in [-0.05, 0) is 18.9 Å². The van der Waals surface area contributed by atoms with Gasteiger partial charge in [-0.25, -0.2) is 0 Å². The second kappa shape index (κ2) is 2.33. The lowest BCUT2D eigenvalue weighted by Gasteiger charge is -2.36. The van der Waals surface area contributed by atoms with Crippen LogP contribution in [-0.2, 0) is 10.2 Å². The van der Waals surface area contributed by atoms with E-state index in [2.05, 4.69) is 10.2 Å². The number of hydrogen-bond donors (Lipinski definition) is 2. The standard InChI is InChI=1S/C8H10N2O2/c11-7(12)8(3-1-4-8)6-2-5-9-10-6/h2,5H,1,3-4H2,(H,9,10)(H,11,12). The molecule has 1 heterocycles. The molecule has 1 aliphatic carbocycles. The van der Waals surface area contributed by atoms with E-state index in [0.717, 1.165) is 25.0 Å². The molecule has 0 atom stereocenters. The molecule has 0 radical (unpaired) electrons. The third kappa shape index (κ3) is 0.776. The molecule has 0 aliphatic heterocycles. The fourth-order valence-electron chi connectivity index (χ4n) is 1.65. The molecular formula is C8H10N2O2. The second-order valence-corrected chi connectivity index (χ2v) is 3.21. The maximum atomic E-state index is 11.0. The molecule has 0 amide bonds. The number of hydrogen-bond acceptors (Lipinski definition) is 2. The minimum Gasteiger partial charge on any atom is -0.481 e. The van der Waals surface area contributed by atoms with E-state index in [-0.39, 0.29) is 0 Å². The van der Waals surface area contributed by atoms with Crippen LogP contribution in [-0.4, -0.2) is 21.3 Å². The molecule has 1 saturated carbocycles. The molecule has 0 unspecified atom stereocenters. The van der Waals surface area contributed by atoms with E-state index in [9.17, 15) is 4.79 Å². The predicted molar refractivity (Wildman–Crippen MR) is 41.8 cm³/mol. The zero-order valence-corrected chi connectivity index (χ0v) is 6.58. The van der Waals surface area contributed by atoms with E-state index < -0.39 is 11.4 Å². The number of carboxylic acid groups (broad SMARTS) is 1. The van der Waals surface area contributed by atoms with Gasteiger partial charge in [0.25, 0.3) is 0 Å². The van der Waals surface area contributed by atoms with Crippen molar-refractivity contribution in [2.75, 3.05) is 0 Å². The van der Waals surface area contributed by atoms with Gasteiger partial charge in [0.2, 0.25) is 0 Å². The summed E-state index contributed by atoms with van der Waals surface area (Å²) in [5.41, 5.74) is 0.0810. The average molecular weight is 166 g/mol. The highest BCUT2D eigenvalue weighted by atomic mass is 16.4. The minimum absolute atomic E-state index is 0.656. The number of carboxylic acids is 1. The van der Waals surface area contributed by atoms with Crippen LogP contribution in [0.4, 0.5) is 0 Å². The van der Waals surface area contributed by atoms with Gasteiger partial charge in [0, 0.05) is 6.20 Å². The lowest BCUT2D eigenvalue weighted by atomic mass is 9.67. The SMILES string of the molecule is O=C(O)C1(c2ccn[nH]2)CCC1. The molecule has 0 spiro atoms. The average Bonchev–Trinajstić information content (AvgIpc) is 2.35. The molecular weight excluding hydrogens is 156 g/mol. The summed E-state index contributed by atoms with van der Waals surface area (Å²) in [6, 6.07) is 1.74. The van der Waals surface area contributed by atoms with Gasteiger partial charge in [0.1, 0.15) is 5.41 Å². The van der Waals surface area contributed by atoms with Crippen molar-refractivity contribution in [2.24, 2.45) is 0 Å². The summed E-state index contributed by atoms with van der Waals surface area (Å²) < 4.78 is 0. The van der Waals surface area contributed by atoms with Gasteiger partial charge in [-0.15, -0.1) is 0 Å². The van der Waals surface area contributed by atoms with Gasteiger partial charge in [-0.1, -0.05) is 6.42 Å². The highest BCUT2D eigenvalue weighted by Crippen LogP contribution is 2.42. The van der Waals surface area contributed by atoms with Crippen molar-refractivity contribution in [3.05, 3.63) is 18.0 Å². The fourth-order valence-corrected chi connectivity index (χ4v) is 1.65. The van der Waals surface area contributed by atoms with Crippen LogP contribution < -0.4 is 0 Å². The Morgan fingerprint density at radius 2 is 2.42 bits per heavy atom. The summed E-state index contributed by atoms with van der Waals surface area (Å²) in [6.45, 7) is 0. The van der Waals surface area contributed by atoms with E-state index in [1.807, 2.05) is 0 Å². The summed E-state index contributed by atoms with van der Waals surface area (Å²) in [5, 5.41) is 15.5. The summed E-state index contributed by atoms with van der Waals surface area (Å²) in [4.78, 5) is 11.0. The van der Waals surface area contributed by atoms with Gasteiger partial charge in [0.05, 0.1) is 5.69 Å². The molecule has 1 fully saturated rings. The van der Waals surface area contributed by atoms with Crippen LogP contribution in [0.15, 0.2) is 12.3 Å². The monoisotopic (exact) mass is 166 g/mol. The first kappa shape index (κ1) is 7.34. The Hall–Kier alpha value is -1.32. The lowest BCUT2D eigenvalue weighted by Crippen LogP contribution is -2.42. The van der Waals surface area contributed by atoms with E-state index in [4.69, 9.17) is 5.11 Å². The van der Waals surface area contributed by atoms with Gasteiger partial charge >= 0.3 is 5.97 Å². The molecule has 0 bridgehead atoms. The zero-order chi connectivity index (χ0) is 8.60. The number of nitrogens with zero attached hydrogens (tertiary/aromatic N) is 1. The van der Waals surface area contributed by atoms with Gasteiger partial charge < -0.3 is 5.11 Å². The van der Waals surface area contributed by atoms with Crippen LogP contribution in [0, 0.1) is 0 Å². The van der Waals surface area contributed by atoms with Gasteiger partial charge in [-0.2, -0.15) is 5.10 Å². The molecule has 2 rings (SSSR count). The number of nitrogens with one attached hydrogen (secondary N) is 1. The molecule has 4 heteroatoms. The first-order valence-corrected chi connectivity index (χ1v) is 3.99. The quantitative estimate of drug-likeness (QED) is 0.686. The first-order valence-electron chi connectivity index (χ1n) is 3.99. The number of rotatable bonds is 2. The van der Waals surface area contributed by atoms with Crippen LogP contribution in [0.25, 0.3) is 0 Å². The maximum absolute atomic E-state index is 11.0. The summed E-state index contributed by atoms with van der Waals surface area (Å²) >= 11 is 0. The molecule has 2 N–H and O–H groups in total. The number of aliphatic carboxylic acids is 1. The van der Waals surface area contributed by atoms with E-state index in [0.29, 0.717) is 0 Å². The summed E-state index contributed by atoms with van der Waals surface area (Å²) in [5.74, 6) is -0.738. The smallest absolute Gasteiger partial charge is 0.315 e. The molecule has 12 heavy (non-hydrogen) atoms. The molecule has 1 aromatic rings. The molecule has 0 saturated heterocycles. The van der Waals surface area contributed by atoms with Crippen molar-refractivity contribution in [1.29, 1.82) is 0 Å². The van der Waals surface area contributed by atoms with E-state index >= 15 is 0 Å². The van der Waals surface area contributed by atoms with Gasteiger partial charge in [0.15, 0.2) is 0 Å². The molecule has 0 aromatic carbocycles. The Morgan fingerprint density at radius 1 is 1.67 bits per heavy atom.